The van der Waals surface area contributed by atoms with Gasteiger partial charge in [-0.3, -0.25) is 9.59 Å². The Morgan fingerprint density at radius 2 is 1.12 bits per heavy atom. The van der Waals surface area contributed by atoms with Gasteiger partial charge in [-0.05, 0) is 29.4 Å². The van der Waals surface area contributed by atoms with Crippen LogP contribution in [-0.4, -0.2) is 11.9 Å². The van der Waals surface area contributed by atoms with Gasteiger partial charge in [0, 0.05) is 0 Å². The van der Waals surface area contributed by atoms with Gasteiger partial charge in [0.05, 0.1) is 11.8 Å². The van der Waals surface area contributed by atoms with Crippen LogP contribution in [0.3, 0.4) is 0 Å². The molecule has 0 N–H and O–H groups in total. The molecule has 1 saturated carbocycles. The van der Waals surface area contributed by atoms with Crippen LogP contribution in [0.15, 0.2) is 72.8 Å². The molecule has 26 heavy (non-hydrogen) atoms. The van der Waals surface area contributed by atoms with E-state index in [4.69, 9.17) is 4.74 Å². The van der Waals surface area contributed by atoms with Crippen LogP contribution in [0.5, 0.6) is 0 Å². The first kappa shape index (κ1) is 16.5. The van der Waals surface area contributed by atoms with Crippen molar-refractivity contribution >= 4 is 24.1 Å². The number of fused-ring (bicyclic) bond motifs is 1. The summed E-state index contributed by atoms with van der Waals surface area (Å²) >= 11 is 0. The fourth-order valence-electron chi connectivity index (χ4n) is 4.01. The molecule has 0 bridgehead atoms. The van der Waals surface area contributed by atoms with Crippen molar-refractivity contribution in [2.45, 2.75) is 6.42 Å². The zero-order valence-corrected chi connectivity index (χ0v) is 14.3. The number of carbonyl (C=O) groups excluding carboxylic acids is 2. The molecule has 1 heterocycles. The average molecular weight is 344 g/mol. The van der Waals surface area contributed by atoms with Gasteiger partial charge in [-0.1, -0.05) is 85.0 Å². The van der Waals surface area contributed by atoms with Crippen LogP contribution in [0.1, 0.15) is 17.5 Å². The van der Waals surface area contributed by atoms with Crippen LogP contribution in [-0.2, 0) is 14.3 Å². The largest absolute Gasteiger partial charge is 0.393 e. The van der Waals surface area contributed by atoms with Gasteiger partial charge in [0.25, 0.3) is 0 Å². The summed E-state index contributed by atoms with van der Waals surface area (Å²) in [6.45, 7) is 0. The van der Waals surface area contributed by atoms with Crippen molar-refractivity contribution in [2.75, 3.05) is 0 Å². The van der Waals surface area contributed by atoms with Crippen molar-refractivity contribution in [2.24, 2.45) is 23.7 Å². The van der Waals surface area contributed by atoms with Crippen LogP contribution in [0.25, 0.3) is 12.2 Å². The van der Waals surface area contributed by atoms with E-state index in [1.54, 1.807) is 0 Å². The lowest BCUT2D eigenvalue weighted by Crippen LogP contribution is -2.19. The lowest BCUT2D eigenvalue weighted by atomic mass is 9.88. The predicted octanol–water partition coefficient (Wildman–Crippen LogP) is 4.37. The zero-order valence-electron chi connectivity index (χ0n) is 14.3. The molecule has 0 aromatic heterocycles. The summed E-state index contributed by atoms with van der Waals surface area (Å²) in [6, 6.07) is 20.0. The van der Waals surface area contributed by atoms with E-state index in [0.717, 1.165) is 17.5 Å². The fourth-order valence-corrected chi connectivity index (χ4v) is 4.01. The Kier molecular flexibility index (Phi) is 4.53. The minimum atomic E-state index is -0.377. The Balaban J connectivity index is 1.57. The van der Waals surface area contributed by atoms with E-state index in [1.807, 2.05) is 72.8 Å². The van der Waals surface area contributed by atoms with E-state index >= 15 is 0 Å². The van der Waals surface area contributed by atoms with E-state index in [2.05, 4.69) is 12.2 Å². The molecule has 3 nitrogen and oxygen atoms in total. The minimum absolute atomic E-state index is 0.0181. The van der Waals surface area contributed by atoms with Crippen LogP contribution >= 0.6 is 0 Å². The summed E-state index contributed by atoms with van der Waals surface area (Å²) in [7, 11) is 0. The average Bonchev–Trinajstić information content (AvgIpc) is 3.19. The van der Waals surface area contributed by atoms with Gasteiger partial charge in [-0.2, -0.15) is 0 Å². The highest BCUT2D eigenvalue weighted by molar-refractivity contribution is 5.97. The van der Waals surface area contributed by atoms with Gasteiger partial charge in [0.1, 0.15) is 0 Å². The maximum absolute atomic E-state index is 12.2. The van der Waals surface area contributed by atoms with Crippen LogP contribution in [0.2, 0.25) is 0 Å². The molecule has 2 aromatic rings. The van der Waals surface area contributed by atoms with E-state index < -0.39 is 0 Å². The molecule has 2 aromatic carbocycles. The fraction of sp³-hybridized carbons (Fsp3) is 0.217. The SMILES string of the molecule is O=C1OC(=O)[C@@H]2C1C(C=Cc1ccccc1)C[C@H]2C=Cc1ccccc1. The van der Waals surface area contributed by atoms with Crippen LogP contribution in [0, 0.1) is 23.7 Å². The molecule has 1 aliphatic heterocycles. The second kappa shape index (κ2) is 7.12. The molecule has 4 atom stereocenters. The summed E-state index contributed by atoms with van der Waals surface area (Å²) in [4.78, 5) is 24.4. The summed E-state index contributed by atoms with van der Waals surface area (Å²) in [5.41, 5.74) is 2.18. The summed E-state index contributed by atoms with van der Waals surface area (Å²) in [6.07, 6.45) is 8.96. The van der Waals surface area contributed by atoms with Gasteiger partial charge < -0.3 is 4.74 Å². The van der Waals surface area contributed by atoms with Gasteiger partial charge in [-0.15, -0.1) is 0 Å². The maximum Gasteiger partial charge on any atom is 0.318 e. The lowest BCUT2D eigenvalue weighted by molar-refractivity contribution is -0.154. The number of ether oxygens (including phenoxy) is 1. The molecule has 1 aliphatic carbocycles. The van der Waals surface area contributed by atoms with E-state index in [-0.39, 0.29) is 35.6 Å². The molecule has 0 amide bonds. The lowest BCUT2D eigenvalue weighted by Gasteiger charge is -2.09. The zero-order chi connectivity index (χ0) is 17.9. The number of benzene rings is 2. The Labute approximate surface area is 153 Å². The number of hydrogen-bond acceptors (Lipinski definition) is 3. The highest BCUT2D eigenvalue weighted by atomic mass is 16.6. The van der Waals surface area contributed by atoms with E-state index in [9.17, 15) is 9.59 Å². The second-order valence-electron chi connectivity index (χ2n) is 6.89. The number of esters is 2. The molecular formula is C23H20O3. The molecule has 0 spiro atoms. The van der Waals surface area contributed by atoms with Crippen molar-refractivity contribution in [1.82, 2.24) is 0 Å². The van der Waals surface area contributed by atoms with Crippen molar-refractivity contribution in [3.05, 3.63) is 83.9 Å². The Morgan fingerprint density at radius 1 is 0.692 bits per heavy atom. The normalized spacial score (nSPS) is 28.0. The monoisotopic (exact) mass is 344 g/mol. The molecule has 0 radical (unpaired) electrons. The van der Waals surface area contributed by atoms with E-state index in [1.165, 1.54) is 0 Å². The molecule has 1 saturated heterocycles. The van der Waals surface area contributed by atoms with Crippen molar-refractivity contribution < 1.29 is 14.3 Å². The highest BCUT2D eigenvalue weighted by Crippen LogP contribution is 2.48. The number of rotatable bonds is 4. The Hall–Kier alpha value is -2.94. The first-order valence-corrected chi connectivity index (χ1v) is 8.94. The van der Waals surface area contributed by atoms with Crippen molar-refractivity contribution in [3.63, 3.8) is 0 Å². The first-order chi connectivity index (χ1) is 12.7. The smallest absolute Gasteiger partial charge is 0.318 e. The number of allylic oxidation sites excluding steroid dienone is 2. The van der Waals surface area contributed by atoms with Gasteiger partial charge in [0.15, 0.2) is 0 Å². The predicted molar refractivity (Wildman–Crippen MR) is 101 cm³/mol. The molecule has 4 rings (SSSR count). The molecule has 2 unspecified atom stereocenters. The first-order valence-electron chi connectivity index (χ1n) is 8.94. The van der Waals surface area contributed by atoms with Crippen molar-refractivity contribution in [1.29, 1.82) is 0 Å². The third-order valence-corrected chi connectivity index (χ3v) is 5.27. The van der Waals surface area contributed by atoms with Crippen molar-refractivity contribution in [3.8, 4) is 0 Å². The standard InChI is InChI=1S/C23H20O3/c24-22-20-18(13-11-16-7-3-1-4-8-16)15-19(21(20)23(25)26-22)14-12-17-9-5-2-6-10-17/h1-14,18-21H,15H2/t18-,19?,20+,21?/m1/s1. The van der Waals surface area contributed by atoms with E-state index in [0.29, 0.717) is 0 Å². The molecule has 2 fully saturated rings. The molecule has 130 valence electrons. The third kappa shape index (κ3) is 3.25. The summed E-state index contributed by atoms with van der Waals surface area (Å²) < 4.78 is 4.95. The second-order valence-corrected chi connectivity index (χ2v) is 6.89. The van der Waals surface area contributed by atoms with Gasteiger partial charge in [-0.25, -0.2) is 0 Å². The summed E-state index contributed by atoms with van der Waals surface area (Å²) in [5, 5.41) is 0. The highest BCUT2D eigenvalue weighted by Gasteiger charge is 2.55. The summed E-state index contributed by atoms with van der Waals surface area (Å²) in [5.74, 6) is -1.45. The van der Waals surface area contributed by atoms with Gasteiger partial charge >= 0.3 is 11.9 Å². The number of hydrogen-bond donors (Lipinski definition) is 0. The quantitative estimate of drug-likeness (QED) is 0.611. The third-order valence-electron chi connectivity index (χ3n) is 5.27. The van der Waals surface area contributed by atoms with Crippen LogP contribution < -0.4 is 0 Å². The maximum atomic E-state index is 12.2. The molecule has 3 heteroatoms. The Morgan fingerprint density at radius 3 is 1.54 bits per heavy atom. The minimum Gasteiger partial charge on any atom is -0.393 e. The topological polar surface area (TPSA) is 43.4 Å². The van der Waals surface area contributed by atoms with Crippen LogP contribution in [0.4, 0.5) is 0 Å². The van der Waals surface area contributed by atoms with Gasteiger partial charge in [0.2, 0.25) is 0 Å². The molecule has 2 aliphatic rings. The number of carbonyl (C=O) groups is 2. The number of cyclic esters (lactones) is 2. The Bertz CT molecular complexity index is 780. The molecular weight excluding hydrogens is 324 g/mol.